The van der Waals surface area contributed by atoms with E-state index < -0.39 is 0 Å². The van der Waals surface area contributed by atoms with Gasteiger partial charge in [-0.15, -0.1) is 11.6 Å². The molecule has 2 bridgehead atoms. The molecule has 4 atom stereocenters. The Hall–Kier alpha value is -0.890. The number of halogens is 1. The SMILES string of the molecule is COc1ccc(C(Cl)CC2CC3CCC2C3)cc1OC. The minimum atomic E-state index is 0.0826. The lowest BCUT2D eigenvalue weighted by atomic mass is 9.84. The van der Waals surface area contributed by atoms with Gasteiger partial charge in [0.05, 0.1) is 19.6 Å². The maximum Gasteiger partial charge on any atom is 0.161 e. The zero-order chi connectivity index (χ0) is 14.1. The van der Waals surface area contributed by atoms with Crippen LogP contribution in [0.2, 0.25) is 0 Å². The topological polar surface area (TPSA) is 18.5 Å². The van der Waals surface area contributed by atoms with Crippen LogP contribution in [-0.4, -0.2) is 14.2 Å². The van der Waals surface area contributed by atoms with E-state index in [1.165, 1.54) is 25.7 Å². The quantitative estimate of drug-likeness (QED) is 0.726. The molecule has 2 aliphatic rings. The van der Waals surface area contributed by atoms with Crippen LogP contribution in [0.4, 0.5) is 0 Å². The molecule has 2 fully saturated rings. The highest BCUT2D eigenvalue weighted by Gasteiger charge is 2.40. The largest absolute Gasteiger partial charge is 0.493 e. The van der Waals surface area contributed by atoms with Gasteiger partial charge in [-0.25, -0.2) is 0 Å². The molecule has 1 aromatic carbocycles. The Morgan fingerprint density at radius 3 is 2.55 bits per heavy atom. The number of hydrogen-bond donors (Lipinski definition) is 0. The summed E-state index contributed by atoms with van der Waals surface area (Å²) in [5.41, 5.74) is 1.15. The van der Waals surface area contributed by atoms with Crippen LogP contribution in [0.5, 0.6) is 11.5 Å². The van der Waals surface area contributed by atoms with Gasteiger partial charge < -0.3 is 9.47 Å². The van der Waals surface area contributed by atoms with Gasteiger partial charge in [-0.3, -0.25) is 0 Å². The first-order chi connectivity index (χ1) is 9.71. The molecule has 0 saturated heterocycles. The van der Waals surface area contributed by atoms with Crippen LogP contribution in [0.3, 0.4) is 0 Å². The summed E-state index contributed by atoms with van der Waals surface area (Å²) in [7, 11) is 3.33. The summed E-state index contributed by atoms with van der Waals surface area (Å²) < 4.78 is 10.6. The number of fused-ring (bicyclic) bond motifs is 2. The third kappa shape index (κ3) is 2.63. The first kappa shape index (κ1) is 14.1. The third-order valence-electron chi connectivity index (χ3n) is 5.16. The maximum atomic E-state index is 6.65. The molecule has 2 nitrogen and oxygen atoms in total. The van der Waals surface area contributed by atoms with Crippen molar-refractivity contribution in [3.63, 3.8) is 0 Å². The lowest BCUT2D eigenvalue weighted by Crippen LogP contribution is -2.12. The highest BCUT2D eigenvalue weighted by Crippen LogP contribution is 2.51. The summed E-state index contributed by atoms with van der Waals surface area (Å²) in [4.78, 5) is 0. The van der Waals surface area contributed by atoms with E-state index in [1.54, 1.807) is 14.2 Å². The van der Waals surface area contributed by atoms with Gasteiger partial charge in [-0.05, 0) is 61.1 Å². The molecule has 0 amide bonds. The van der Waals surface area contributed by atoms with Crippen molar-refractivity contribution >= 4 is 11.6 Å². The van der Waals surface area contributed by atoms with E-state index in [-0.39, 0.29) is 5.38 Å². The van der Waals surface area contributed by atoms with Crippen molar-refractivity contribution in [1.82, 2.24) is 0 Å². The minimum absolute atomic E-state index is 0.0826. The average Bonchev–Trinajstić information content (AvgIpc) is 3.09. The monoisotopic (exact) mass is 294 g/mol. The maximum absolute atomic E-state index is 6.65. The highest BCUT2D eigenvalue weighted by molar-refractivity contribution is 6.20. The number of ether oxygens (including phenoxy) is 2. The number of alkyl halides is 1. The van der Waals surface area contributed by atoms with Gasteiger partial charge in [-0.1, -0.05) is 12.5 Å². The van der Waals surface area contributed by atoms with Crippen molar-refractivity contribution in [3.8, 4) is 11.5 Å². The molecule has 0 aliphatic heterocycles. The molecule has 20 heavy (non-hydrogen) atoms. The second-order valence-electron chi connectivity index (χ2n) is 6.25. The van der Waals surface area contributed by atoms with E-state index in [0.717, 1.165) is 41.2 Å². The summed E-state index contributed by atoms with van der Waals surface area (Å²) in [6, 6.07) is 6.03. The van der Waals surface area contributed by atoms with Gasteiger partial charge in [0, 0.05) is 0 Å². The van der Waals surface area contributed by atoms with E-state index in [1.807, 2.05) is 12.1 Å². The van der Waals surface area contributed by atoms with Crippen molar-refractivity contribution in [2.24, 2.45) is 17.8 Å². The first-order valence-corrected chi connectivity index (χ1v) is 8.01. The van der Waals surface area contributed by atoms with Gasteiger partial charge in [0.25, 0.3) is 0 Å². The lowest BCUT2D eigenvalue weighted by Gasteiger charge is -2.24. The minimum Gasteiger partial charge on any atom is -0.493 e. The predicted molar refractivity (Wildman–Crippen MR) is 81.7 cm³/mol. The Balaban J connectivity index is 1.69. The summed E-state index contributed by atoms with van der Waals surface area (Å²) >= 11 is 6.65. The number of hydrogen-bond acceptors (Lipinski definition) is 2. The third-order valence-corrected chi connectivity index (χ3v) is 5.59. The Morgan fingerprint density at radius 1 is 1.15 bits per heavy atom. The van der Waals surface area contributed by atoms with Gasteiger partial charge in [0.1, 0.15) is 0 Å². The van der Waals surface area contributed by atoms with Gasteiger partial charge in [-0.2, -0.15) is 0 Å². The molecule has 110 valence electrons. The van der Waals surface area contributed by atoms with Crippen LogP contribution < -0.4 is 9.47 Å². The zero-order valence-electron chi connectivity index (χ0n) is 12.3. The van der Waals surface area contributed by atoms with Gasteiger partial charge in [0.2, 0.25) is 0 Å². The second kappa shape index (κ2) is 5.85. The zero-order valence-corrected chi connectivity index (χ0v) is 13.0. The molecule has 0 spiro atoms. The van der Waals surface area contributed by atoms with E-state index in [0.29, 0.717) is 0 Å². The molecule has 0 aromatic heterocycles. The van der Waals surface area contributed by atoms with Crippen molar-refractivity contribution in [1.29, 1.82) is 0 Å². The van der Waals surface area contributed by atoms with Crippen LogP contribution in [0.25, 0.3) is 0 Å². The Bertz CT molecular complexity index is 474. The summed E-state index contributed by atoms with van der Waals surface area (Å²) in [6.45, 7) is 0. The Labute approximate surface area is 126 Å². The van der Waals surface area contributed by atoms with Crippen LogP contribution in [0.15, 0.2) is 18.2 Å². The van der Waals surface area contributed by atoms with Gasteiger partial charge in [0.15, 0.2) is 11.5 Å². The number of rotatable bonds is 5. The van der Waals surface area contributed by atoms with Gasteiger partial charge >= 0.3 is 0 Å². The number of methoxy groups -OCH3 is 2. The molecule has 2 aliphatic carbocycles. The normalized spacial score (nSPS) is 29.4. The standard InChI is InChI=1S/C17H23ClO2/c1-19-16-6-5-13(10-17(16)20-2)15(18)9-14-8-11-3-4-12(14)7-11/h5-6,10-12,14-15H,3-4,7-9H2,1-2H3. The molecular formula is C17H23ClO2. The summed E-state index contributed by atoms with van der Waals surface area (Å²) in [6.07, 6.45) is 6.80. The van der Waals surface area contributed by atoms with E-state index >= 15 is 0 Å². The molecule has 1 aromatic rings. The molecular weight excluding hydrogens is 272 g/mol. The summed E-state index contributed by atoms with van der Waals surface area (Å²) in [5.74, 6) is 4.27. The average molecular weight is 295 g/mol. The molecule has 0 N–H and O–H groups in total. The lowest BCUT2D eigenvalue weighted by molar-refractivity contribution is 0.311. The van der Waals surface area contributed by atoms with E-state index in [2.05, 4.69) is 6.07 Å². The highest BCUT2D eigenvalue weighted by atomic mass is 35.5. The van der Waals surface area contributed by atoms with Crippen molar-refractivity contribution in [2.75, 3.05) is 14.2 Å². The van der Waals surface area contributed by atoms with Crippen molar-refractivity contribution in [3.05, 3.63) is 23.8 Å². The predicted octanol–water partition coefficient (Wildman–Crippen LogP) is 4.81. The fraction of sp³-hybridized carbons (Fsp3) is 0.647. The molecule has 2 saturated carbocycles. The first-order valence-electron chi connectivity index (χ1n) is 7.57. The number of benzene rings is 1. The van der Waals surface area contributed by atoms with E-state index in [4.69, 9.17) is 21.1 Å². The molecule has 4 unspecified atom stereocenters. The summed E-state index contributed by atoms with van der Waals surface area (Å²) in [5, 5.41) is 0.0826. The Kier molecular flexibility index (Phi) is 4.11. The van der Waals surface area contributed by atoms with Crippen LogP contribution >= 0.6 is 11.6 Å². The fourth-order valence-electron chi connectivity index (χ4n) is 4.11. The molecule has 0 radical (unpaired) electrons. The second-order valence-corrected chi connectivity index (χ2v) is 6.78. The van der Waals surface area contributed by atoms with Crippen LogP contribution in [0.1, 0.15) is 43.0 Å². The van der Waals surface area contributed by atoms with Crippen LogP contribution in [0, 0.1) is 17.8 Å². The van der Waals surface area contributed by atoms with Crippen LogP contribution in [-0.2, 0) is 0 Å². The van der Waals surface area contributed by atoms with Crippen molar-refractivity contribution in [2.45, 2.75) is 37.5 Å². The Morgan fingerprint density at radius 2 is 1.95 bits per heavy atom. The molecule has 0 heterocycles. The molecule has 3 rings (SSSR count). The molecule has 3 heteroatoms. The van der Waals surface area contributed by atoms with E-state index in [9.17, 15) is 0 Å². The smallest absolute Gasteiger partial charge is 0.161 e. The fourth-order valence-corrected chi connectivity index (χ4v) is 4.48. The van der Waals surface area contributed by atoms with Crippen molar-refractivity contribution < 1.29 is 9.47 Å².